The molecule has 0 radical (unpaired) electrons. The Morgan fingerprint density at radius 1 is 1.38 bits per heavy atom. The number of hydrogen-bond acceptors (Lipinski definition) is 7. The van der Waals surface area contributed by atoms with Crippen molar-refractivity contribution in [3.05, 3.63) is 29.5 Å². The molecule has 11 nitrogen and oxygen atoms in total. The van der Waals surface area contributed by atoms with Crippen LogP contribution in [0.15, 0.2) is 24.5 Å². The van der Waals surface area contributed by atoms with Crippen molar-refractivity contribution in [1.29, 1.82) is 0 Å². The zero-order valence-electron chi connectivity index (χ0n) is 17.4. The number of carboxylic acids is 1. The number of primary amides is 1. The number of pyridine rings is 1. The molecule has 12 heteroatoms. The van der Waals surface area contributed by atoms with Gasteiger partial charge in [0.05, 0.1) is 23.7 Å². The zero-order valence-corrected chi connectivity index (χ0v) is 18.1. The molecule has 2 amide bonds. The number of ether oxygens (including phenoxy) is 1. The maximum absolute atomic E-state index is 13.5. The summed E-state index contributed by atoms with van der Waals surface area (Å²) in [5, 5.41) is 17.6. The topological polar surface area (TPSA) is 154 Å². The monoisotopic (exact) mass is 464 g/mol. The van der Waals surface area contributed by atoms with Crippen molar-refractivity contribution in [3.63, 3.8) is 0 Å². The lowest BCUT2D eigenvalue weighted by Gasteiger charge is -2.29. The second-order valence-corrected chi connectivity index (χ2v) is 7.91. The van der Waals surface area contributed by atoms with Gasteiger partial charge in [-0.05, 0) is 31.4 Å². The third kappa shape index (κ3) is 6.24. The molecule has 1 unspecified atom stereocenters. The Hall–Kier alpha value is -3.05. The molecule has 0 spiro atoms. The smallest absolute Gasteiger partial charge is 0.305 e. The van der Waals surface area contributed by atoms with Crippen molar-refractivity contribution in [2.24, 2.45) is 5.73 Å². The van der Waals surface area contributed by atoms with Crippen molar-refractivity contribution in [3.8, 4) is 11.4 Å². The summed E-state index contributed by atoms with van der Waals surface area (Å²) in [6, 6.07) is 2.44. The summed E-state index contributed by atoms with van der Waals surface area (Å²) in [6.07, 6.45) is 4.41. The number of aromatic nitrogens is 4. The zero-order chi connectivity index (χ0) is 23.1. The van der Waals surface area contributed by atoms with Gasteiger partial charge in [-0.15, -0.1) is 5.10 Å². The number of amides is 2. The van der Waals surface area contributed by atoms with Crippen LogP contribution in [0.25, 0.3) is 11.4 Å². The Labute approximate surface area is 189 Å². The summed E-state index contributed by atoms with van der Waals surface area (Å²) in [7, 11) is 0. The molecule has 1 fully saturated rings. The molecule has 0 aromatic carbocycles. The first-order chi connectivity index (χ1) is 15.3. The Bertz CT molecular complexity index is 961. The Kier molecular flexibility index (Phi) is 8.12. The van der Waals surface area contributed by atoms with Crippen molar-refractivity contribution >= 4 is 29.4 Å². The van der Waals surface area contributed by atoms with E-state index in [0.29, 0.717) is 23.0 Å². The lowest BCUT2D eigenvalue weighted by atomic mass is 10.1. The van der Waals surface area contributed by atoms with Crippen LogP contribution in [0, 0.1) is 0 Å². The normalized spacial score (nSPS) is 16.6. The third-order valence-corrected chi connectivity index (χ3v) is 5.44. The van der Waals surface area contributed by atoms with Gasteiger partial charge in [-0.3, -0.25) is 19.4 Å². The largest absolute Gasteiger partial charge is 0.481 e. The number of nitrogens with zero attached hydrogens (tertiary/aromatic N) is 5. The fourth-order valence-electron chi connectivity index (χ4n) is 3.53. The minimum absolute atomic E-state index is 0.00865. The minimum atomic E-state index is -1.02. The fraction of sp³-hybridized carbons (Fsp3) is 0.500. The van der Waals surface area contributed by atoms with Crippen LogP contribution in [0.3, 0.4) is 0 Å². The lowest BCUT2D eigenvalue weighted by molar-refractivity contribution is -0.140. The number of carboxylic acid groups (broad SMARTS) is 1. The maximum Gasteiger partial charge on any atom is 0.305 e. The van der Waals surface area contributed by atoms with Crippen molar-refractivity contribution < 1.29 is 24.2 Å². The second-order valence-electron chi connectivity index (χ2n) is 7.50. The van der Waals surface area contributed by atoms with E-state index in [2.05, 4.69) is 15.3 Å². The summed E-state index contributed by atoms with van der Waals surface area (Å²) in [6.45, 7) is 0.871. The maximum atomic E-state index is 13.5. The van der Waals surface area contributed by atoms with E-state index < -0.39 is 17.9 Å². The third-order valence-electron chi connectivity index (χ3n) is 5.14. The number of rotatable bonds is 11. The van der Waals surface area contributed by atoms with Crippen LogP contribution < -0.4 is 5.73 Å². The van der Waals surface area contributed by atoms with E-state index >= 15 is 0 Å². The van der Waals surface area contributed by atoms with Crippen LogP contribution in [0.2, 0.25) is 5.02 Å². The first kappa shape index (κ1) is 23.6. The molecule has 3 N–H and O–H groups in total. The van der Waals surface area contributed by atoms with Gasteiger partial charge in [0, 0.05) is 32.3 Å². The summed E-state index contributed by atoms with van der Waals surface area (Å²) >= 11 is 6.18. The molecule has 3 rings (SSSR count). The molecule has 0 saturated carbocycles. The number of carbonyl (C=O) groups excluding carboxylic acids is 2. The molecule has 2 aromatic rings. The number of carbonyl (C=O) groups is 3. The van der Waals surface area contributed by atoms with Crippen LogP contribution >= 0.6 is 11.6 Å². The quantitative estimate of drug-likeness (QED) is 0.504. The van der Waals surface area contributed by atoms with Gasteiger partial charge in [-0.25, -0.2) is 4.68 Å². The first-order valence-electron chi connectivity index (χ1n) is 10.3. The SMILES string of the molecule is NC(=O)CC[C@@H](C(=O)N(CCC(=O)O)CC1CCCO1)n1cc(-c2ncccc2Cl)nn1. The molecule has 32 heavy (non-hydrogen) atoms. The van der Waals surface area contributed by atoms with Crippen molar-refractivity contribution in [2.75, 3.05) is 19.7 Å². The summed E-state index contributed by atoms with van der Waals surface area (Å²) in [5.74, 6) is -1.96. The molecule has 0 bridgehead atoms. The van der Waals surface area contributed by atoms with E-state index in [4.69, 9.17) is 27.2 Å². The molecule has 1 aliphatic rings. The number of nitrogens with two attached hydrogens (primary N) is 1. The van der Waals surface area contributed by atoms with Crippen LogP contribution in [0.1, 0.15) is 38.1 Å². The van der Waals surface area contributed by atoms with E-state index in [0.717, 1.165) is 12.8 Å². The summed E-state index contributed by atoms with van der Waals surface area (Å²) in [4.78, 5) is 41.7. The van der Waals surface area contributed by atoms with Gasteiger partial charge >= 0.3 is 5.97 Å². The average molecular weight is 465 g/mol. The van der Waals surface area contributed by atoms with Gasteiger partial charge in [-0.1, -0.05) is 16.8 Å². The highest BCUT2D eigenvalue weighted by atomic mass is 35.5. The Morgan fingerprint density at radius 2 is 2.19 bits per heavy atom. The van der Waals surface area contributed by atoms with Gasteiger partial charge in [-0.2, -0.15) is 0 Å². The molecule has 0 aliphatic carbocycles. The Balaban J connectivity index is 1.86. The molecule has 172 valence electrons. The van der Waals surface area contributed by atoms with E-state index in [1.807, 2.05) is 0 Å². The highest BCUT2D eigenvalue weighted by Gasteiger charge is 2.31. The number of halogens is 1. The number of aliphatic carboxylic acids is 1. The second kappa shape index (κ2) is 11.0. The van der Waals surface area contributed by atoms with Gasteiger partial charge in [0.25, 0.3) is 0 Å². The fourth-order valence-corrected chi connectivity index (χ4v) is 3.74. The molecule has 1 saturated heterocycles. The van der Waals surface area contributed by atoms with Crippen molar-refractivity contribution in [1.82, 2.24) is 24.9 Å². The van der Waals surface area contributed by atoms with Crippen LogP contribution in [-0.4, -0.2) is 73.6 Å². The van der Waals surface area contributed by atoms with Crippen molar-refractivity contribution in [2.45, 2.75) is 44.2 Å². The van der Waals surface area contributed by atoms with E-state index in [1.165, 1.54) is 15.8 Å². The molecular weight excluding hydrogens is 440 g/mol. The molecule has 2 atom stereocenters. The van der Waals surface area contributed by atoms with Crippen LogP contribution in [0.4, 0.5) is 0 Å². The lowest BCUT2D eigenvalue weighted by Crippen LogP contribution is -2.43. The molecule has 2 aromatic heterocycles. The van der Waals surface area contributed by atoms with Gasteiger partial charge in [0.15, 0.2) is 0 Å². The standard InChI is InChI=1S/C20H25ClN6O5/c21-14-4-1-8-23-19(14)15-12-27(25-24-15)16(5-6-17(22)28)20(31)26(9-7-18(29)30)11-13-3-2-10-32-13/h1,4,8,12-13,16H,2-3,5-7,9-11H2,(H2,22,28)(H,29,30)/t13?,16-/m0/s1. The minimum Gasteiger partial charge on any atom is -0.481 e. The van der Waals surface area contributed by atoms with E-state index in [-0.39, 0.29) is 44.4 Å². The van der Waals surface area contributed by atoms with Gasteiger partial charge < -0.3 is 20.5 Å². The predicted octanol–water partition coefficient (Wildman–Crippen LogP) is 1.28. The predicted molar refractivity (Wildman–Crippen MR) is 114 cm³/mol. The van der Waals surface area contributed by atoms with E-state index in [9.17, 15) is 14.4 Å². The van der Waals surface area contributed by atoms with Crippen LogP contribution in [0.5, 0.6) is 0 Å². The number of hydrogen-bond donors (Lipinski definition) is 2. The molecule has 3 heterocycles. The molecular formula is C20H25ClN6O5. The highest BCUT2D eigenvalue weighted by Crippen LogP contribution is 2.25. The molecule has 1 aliphatic heterocycles. The Morgan fingerprint density at radius 3 is 2.84 bits per heavy atom. The van der Waals surface area contributed by atoms with E-state index in [1.54, 1.807) is 18.3 Å². The van der Waals surface area contributed by atoms with Gasteiger partial charge in [0.2, 0.25) is 11.8 Å². The highest BCUT2D eigenvalue weighted by molar-refractivity contribution is 6.32. The van der Waals surface area contributed by atoms with Gasteiger partial charge in [0.1, 0.15) is 17.4 Å². The first-order valence-corrected chi connectivity index (χ1v) is 10.7. The average Bonchev–Trinajstić information content (AvgIpc) is 3.43. The van der Waals surface area contributed by atoms with Crippen LogP contribution in [-0.2, 0) is 19.1 Å². The summed E-state index contributed by atoms with van der Waals surface area (Å²) < 4.78 is 6.97. The summed E-state index contributed by atoms with van der Waals surface area (Å²) in [5.41, 5.74) is 6.08.